The molecule has 0 saturated heterocycles. The van der Waals surface area contributed by atoms with Crippen molar-refractivity contribution in [2.24, 2.45) is 11.3 Å². The van der Waals surface area contributed by atoms with Crippen LogP contribution in [0.4, 0.5) is 0 Å². The Morgan fingerprint density at radius 2 is 1.28 bits per heavy atom. The van der Waals surface area contributed by atoms with Crippen molar-refractivity contribution < 1.29 is 23.6 Å². The molecular formula is C26H35O5P. The van der Waals surface area contributed by atoms with Crippen molar-refractivity contribution in [2.75, 3.05) is 20.4 Å². The van der Waals surface area contributed by atoms with E-state index in [0.717, 1.165) is 6.42 Å². The zero-order valence-electron chi connectivity index (χ0n) is 20.4. The number of hydrogen-bond donors (Lipinski definition) is 0. The average molecular weight is 459 g/mol. The Bertz CT molecular complexity index is 979. The molecule has 32 heavy (non-hydrogen) atoms. The molecule has 0 spiro atoms. The zero-order valence-corrected chi connectivity index (χ0v) is 21.3. The third-order valence-corrected chi connectivity index (χ3v) is 8.42. The van der Waals surface area contributed by atoms with Crippen LogP contribution in [0.5, 0.6) is 11.5 Å². The lowest BCUT2D eigenvalue weighted by molar-refractivity contribution is 0.103. The van der Waals surface area contributed by atoms with E-state index in [1.165, 1.54) is 14.2 Å². The van der Waals surface area contributed by atoms with E-state index < -0.39 is 18.2 Å². The monoisotopic (exact) mass is 458 g/mol. The van der Waals surface area contributed by atoms with E-state index in [0.29, 0.717) is 22.6 Å². The predicted octanol–water partition coefficient (Wildman–Crippen LogP) is 6.74. The number of rotatable bonds is 9. The average Bonchev–Trinajstić information content (AvgIpc) is 2.70. The summed E-state index contributed by atoms with van der Waals surface area (Å²) in [5.74, 6) is 0.547. The van der Waals surface area contributed by atoms with Gasteiger partial charge in [-0.05, 0) is 54.9 Å². The van der Waals surface area contributed by atoms with Crippen LogP contribution in [0.1, 0.15) is 66.0 Å². The van der Waals surface area contributed by atoms with Gasteiger partial charge in [0.15, 0.2) is 0 Å². The maximum Gasteiger partial charge on any atom is 0.232 e. The predicted molar refractivity (Wildman–Crippen MR) is 130 cm³/mol. The Balaban J connectivity index is 2.70. The number of hydrogen-bond acceptors (Lipinski definition) is 5. The van der Waals surface area contributed by atoms with Gasteiger partial charge in [-0.15, -0.1) is 0 Å². The van der Waals surface area contributed by atoms with Gasteiger partial charge in [0.25, 0.3) is 0 Å². The first-order chi connectivity index (χ1) is 14.9. The minimum Gasteiger partial charge on any atom is -0.496 e. The minimum atomic E-state index is -4.06. The summed E-state index contributed by atoms with van der Waals surface area (Å²) in [7, 11) is -1.13. The molecule has 6 heteroatoms. The molecule has 0 saturated carbocycles. The molecule has 0 aliphatic carbocycles. The lowest BCUT2D eigenvalue weighted by atomic mass is 9.86. The highest BCUT2D eigenvalue weighted by atomic mass is 31.2. The van der Waals surface area contributed by atoms with E-state index in [2.05, 4.69) is 20.8 Å². The summed E-state index contributed by atoms with van der Waals surface area (Å²) in [5.41, 5.74) is 0.346. The van der Waals surface area contributed by atoms with Crippen molar-refractivity contribution in [1.82, 2.24) is 0 Å². The van der Waals surface area contributed by atoms with Gasteiger partial charge in [0.05, 0.1) is 25.3 Å². The molecule has 2 rings (SSSR count). The summed E-state index contributed by atoms with van der Waals surface area (Å²) in [6.45, 7) is 11.7. The van der Waals surface area contributed by atoms with Gasteiger partial charge in [0.1, 0.15) is 11.5 Å². The standard InChI is InChI=1S/C26H35O5P/c1-17(15-26(4,5)6)16-32(29,24(27)22-18(2)11-9-13-20(22)30-7)25(28)23-19(3)12-10-14-21(23)31-8/h9-14,17H,15-16H2,1-8H3. The van der Waals surface area contributed by atoms with E-state index in [1.807, 2.05) is 6.92 Å². The van der Waals surface area contributed by atoms with Crippen molar-refractivity contribution >= 4 is 18.2 Å². The quantitative estimate of drug-likeness (QED) is 0.389. The Morgan fingerprint density at radius 3 is 1.62 bits per heavy atom. The first-order valence-corrected chi connectivity index (χ1v) is 12.7. The van der Waals surface area contributed by atoms with Crippen LogP contribution >= 0.6 is 7.14 Å². The van der Waals surface area contributed by atoms with E-state index in [4.69, 9.17) is 9.47 Å². The summed E-state index contributed by atoms with van der Waals surface area (Å²) in [6.07, 6.45) is 0.726. The molecule has 0 fully saturated rings. The fourth-order valence-corrected chi connectivity index (χ4v) is 7.16. The van der Waals surface area contributed by atoms with Gasteiger partial charge in [-0.1, -0.05) is 52.0 Å². The van der Waals surface area contributed by atoms with Gasteiger partial charge < -0.3 is 14.0 Å². The fraction of sp³-hybridized carbons (Fsp3) is 0.462. The van der Waals surface area contributed by atoms with E-state index >= 15 is 0 Å². The van der Waals surface area contributed by atoms with Crippen LogP contribution in [0, 0.1) is 25.2 Å². The van der Waals surface area contributed by atoms with Crippen LogP contribution in [0.3, 0.4) is 0 Å². The molecule has 2 aromatic carbocycles. The molecule has 2 aromatic rings. The van der Waals surface area contributed by atoms with Crippen LogP contribution in [0.15, 0.2) is 36.4 Å². The van der Waals surface area contributed by atoms with E-state index in [9.17, 15) is 14.2 Å². The molecular weight excluding hydrogens is 423 g/mol. The molecule has 1 unspecified atom stereocenters. The second kappa shape index (κ2) is 10.0. The van der Waals surface area contributed by atoms with Crippen molar-refractivity contribution in [3.8, 4) is 11.5 Å². The van der Waals surface area contributed by atoms with Crippen molar-refractivity contribution in [2.45, 2.75) is 48.0 Å². The van der Waals surface area contributed by atoms with Gasteiger partial charge in [0, 0.05) is 6.16 Å². The second-order valence-corrected chi connectivity index (χ2v) is 12.4. The van der Waals surface area contributed by atoms with Crippen LogP contribution < -0.4 is 9.47 Å². The molecule has 0 radical (unpaired) electrons. The second-order valence-electron chi connectivity index (χ2n) is 9.71. The number of methoxy groups -OCH3 is 2. The minimum absolute atomic E-state index is 0.00306. The van der Waals surface area contributed by atoms with Crippen molar-refractivity contribution in [1.29, 1.82) is 0 Å². The van der Waals surface area contributed by atoms with E-state index in [-0.39, 0.29) is 28.6 Å². The van der Waals surface area contributed by atoms with Gasteiger partial charge in [-0.2, -0.15) is 0 Å². The zero-order chi connectivity index (χ0) is 24.3. The summed E-state index contributed by atoms with van der Waals surface area (Å²) in [4.78, 5) is 27.8. The molecule has 0 amide bonds. The number of aryl methyl sites for hydroxylation is 2. The van der Waals surface area contributed by atoms with Gasteiger partial charge >= 0.3 is 0 Å². The highest BCUT2D eigenvalue weighted by molar-refractivity contribution is 7.95. The van der Waals surface area contributed by atoms with Crippen molar-refractivity contribution in [3.63, 3.8) is 0 Å². The van der Waals surface area contributed by atoms with Crippen LogP contribution in [-0.4, -0.2) is 31.4 Å². The topological polar surface area (TPSA) is 69.7 Å². The fourth-order valence-electron chi connectivity index (χ4n) is 4.34. The summed E-state index contributed by atoms with van der Waals surface area (Å²) in [5, 5.41) is 0. The van der Waals surface area contributed by atoms with Crippen molar-refractivity contribution in [3.05, 3.63) is 58.7 Å². The molecule has 0 heterocycles. The highest BCUT2D eigenvalue weighted by Gasteiger charge is 2.45. The van der Waals surface area contributed by atoms with Crippen LogP contribution in [0.25, 0.3) is 0 Å². The summed E-state index contributed by atoms with van der Waals surface area (Å²) >= 11 is 0. The molecule has 0 aromatic heterocycles. The number of carbonyl (C=O) groups excluding carboxylic acids is 2. The number of carbonyl (C=O) groups is 2. The maximum atomic E-state index is 14.5. The Labute approximate surface area is 191 Å². The molecule has 1 atom stereocenters. The van der Waals surface area contributed by atoms with Gasteiger partial charge in [-0.25, -0.2) is 0 Å². The molecule has 5 nitrogen and oxygen atoms in total. The first kappa shape index (κ1) is 25.9. The summed E-state index contributed by atoms with van der Waals surface area (Å²) in [6, 6.07) is 10.4. The lowest BCUT2D eigenvalue weighted by Crippen LogP contribution is -2.22. The number of benzene rings is 2. The Hall–Kier alpha value is -2.39. The molecule has 0 bridgehead atoms. The molecule has 0 aliphatic rings. The Kier molecular flexibility index (Phi) is 8.12. The molecule has 0 aliphatic heterocycles. The first-order valence-electron chi connectivity index (χ1n) is 10.8. The van der Waals surface area contributed by atoms with Gasteiger partial charge in [0.2, 0.25) is 18.2 Å². The third-order valence-electron chi connectivity index (χ3n) is 5.52. The van der Waals surface area contributed by atoms with Gasteiger partial charge in [-0.3, -0.25) is 9.59 Å². The van der Waals surface area contributed by atoms with Crippen LogP contribution in [-0.2, 0) is 4.57 Å². The molecule has 0 N–H and O–H groups in total. The summed E-state index contributed by atoms with van der Waals surface area (Å²) < 4.78 is 25.3. The Morgan fingerprint density at radius 1 is 0.875 bits per heavy atom. The smallest absolute Gasteiger partial charge is 0.232 e. The largest absolute Gasteiger partial charge is 0.496 e. The SMILES string of the molecule is COc1cccc(C)c1C(=O)P(=O)(CC(C)CC(C)(C)C)C(=O)c1c(C)cccc1OC. The number of ether oxygens (including phenoxy) is 2. The third kappa shape index (κ3) is 5.50. The maximum absolute atomic E-state index is 14.5. The highest BCUT2D eigenvalue weighted by Crippen LogP contribution is 2.56. The normalized spacial score (nSPS) is 12.9. The molecule has 174 valence electrons. The lowest BCUT2D eigenvalue weighted by Gasteiger charge is -2.27. The van der Waals surface area contributed by atoms with E-state index in [1.54, 1.807) is 50.2 Å². The van der Waals surface area contributed by atoms with Crippen LogP contribution in [0.2, 0.25) is 0 Å².